The molecule has 0 aliphatic heterocycles. The first-order valence-electron chi connectivity index (χ1n) is 6.36. The Bertz CT molecular complexity index is 408. The molecular formula is C13H23NO. The Labute approximate surface area is 95.9 Å². The number of aryl methyl sites for hydroxylation is 1. The van der Waals surface area contributed by atoms with Gasteiger partial charge in [0.2, 0.25) is 0 Å². The molecule has 0 aliphatic carbocycles. The van der Waals surface area contributed by atoms with E-state index in [1.165, 1.54) is 0 Å². The molecule has 0 saturated heterocycles. The molecule has 0 bridgehead atoms. The molecule has 0 amide bonds. The zero-order valence-corrected chi connectivity index (χ0v) is 10.9. The lowest BCUT2D eigenvalue weighted by molar-refractivity contribution is 0.369. The van der Waals surface area contributed by atoms with Crippen molar-refractivity contribution in [2.75, 3.05) is 0 Å². The van der Waals surface area contributed by atoms with E-state index in [0.717, 1.165) is 0 Å². The number of oxazole rings is 1. The fourth-order valence-corrected chi connectivity index (χ4v) is 1.38. The van der Waals surface area contributed by atoms with E-state index in [-0.39, 0.29) is 5.41 Å². The number of aromatic nitrogens is 1. The van der Waals surface area contributed by atoms with E-state index in [9.17, 15) is 0 Å². The van der Waals surface area contributed by atoms with Crippen molar-refractivity contribution in [2.45, 2.75) is 60.3 Å². The summed E-state index contributed by atoms with van der Waals surface area (Å²) in [5, 5.41) is 0. The summed E-state index contributed by atoms with van der Waals surface area (Å²) in [7, 11) is 0. The van der Waals surface area contributed by atoms with Gasteiger partial charge in [0, 0.05) is 15.1 Å². The fourth-order valence-electron chi connectivity index (χ4n) is 1.38. The maximum absolute atomic E-state index is 8.30. The van der Waals surface area contributed by atoms with Crippen LogP contribution in [-0.2, 0) is 11.8 Å². The maximum Gasteiger partial charge on any atom is 0.191 e. The lowest BCUT2D eigenvalue weighted by Gasteiger charge is -2.21. The number of hydrogen-bond donors (Lipinski definition) is 0. The summed E-state index contributed by atoms with van der Waals surface area (Å²) in [6.07, 6.45) is -1.51. The van der Waals surface area contributed by atoms with Gasteiger partial charge in [0.1, 0.15) is 5.76 Å². The van der Waals surface area contributed by atoms with E-state index in [1.807, 2.05) is 41.5 Å². The number of hydrogen-bond acceptors (Lipinski definition) is 2. The highest BCUT2D eigenvalue weighted by Crippen LogP contribution is 2.30. The molecule has 0 atom stereocenters. The first-order valence-corrected chi connectivity index (χ1v) is 5.36. The predicted octanol–water partition coefficient (Wildman–Crippen LogP) is 3.87. The lowest BCUT2D eigenvalue weighted by Crippen LogP contribution is -2.17. The van der Waals surface area contributed by atoms with Crippen molar-refractivity contribution in [2.24, 2.45) is 5.41 Å². The average molecular weight is 211 g/mol. The standard InChI is InChI=1S/C13H23NO/c1-9-14-10(8-12(2,3)4)11(15-9)13(5,6)7/h8H2,1-7H3/i8D2. The molecule has 0 unspecified atom stereocenters. The van der Waals surface area contributed by atoms with Crippen LogP contribution in [0.3, 0.4) is 0 Å². The summed E-state index contributed by atoms with van der Waals surface area (Å²) in [6.45, 7) is 13.4. The van der Waals surface area contributed by atoms with E-state index in [1.54, 1.807) is 6.92 Å². The van der Waals surface area contributed by atoms with E-state index >= 15 is 0 Å². The molecule has 1 aromatic rings. The van der Waals surface area contributed by atoms with E-state index in [2.05, 4.69) is 4.98 Å². The third-order valence-electron chi connectivity index (χ3n) is 1.91. The fraction of sp³-hybridized carbons (Fsp3) is 0.769. The van der Waals surface area contributed by atoms with Gasteiger partial charge in [-0.15, -0.1) is 0 Å². The van der Waals surface area contributed by atoms with Crippen LogP contribution in [0.2, 0.25) is 0 Å². The molecule has 2 heteroatoms. The Morgan fingerprint density at radius 3 is 2.13 bits per heavy atom. The zero-order chi connectivity index (χ0) is 13.6. The minimum Gasteiger partial charge on any atom is -0.445 e. The van der Waals surface area contributed by atoms with Crippen molar-refractivity contribution in [1.82, 2.24) is 4.98 Å². The van der Waals surface area contributed by atoms with Crippen molar-refractivity contribution in [1.29, 1.82) is 0 Å². The minimum atomic E-state index is -1.51. The molecule has 0 radical (unpaired) electrons. The van der Waals surface area contributed by atoms with Crippen molar-refractivity contribution in [3.8, 4) is 0 Å². The van der Waals surface area contributed by atoms with Gasteiger partial charge in [-0.05, 0) is 11.8 Å². The first-order chi connectivity index (χ1) is 7.37. The van der Waals surface area contributed by atoms with Crippen LogP contribution in [0.15, 0.2) is 4.42 Å². The molecule has 2 nitrogen and oxygen atoms in total. The van der Waals surface area contributed by atoms with Crippen molar-refractivity contribution < 1.29 is 7.16 Å². The molecule has 86 valence electrons. The van der Waals surface area contributed by atoms with Crippen LogP contribution in [0.4, 0.5) is 0 Å². The van der Waals surface area contributed by atoms with Gasteiger partial charge >= 0.3 is 0 Å². The van der Waals surface area contributed by atoms with Gasteiger partial charge < -0.3 is 4.42 Å². The molecule has 0 saturated carbocycles. The molecule has 0 N–H and O–H groups in total. The van der Waals surface area contributed by atoms with Gasteiger partial charge in [-0.3, -0.25) is 0 Å². The van der Waals surface area contributed by atoms with Gasteiger partial charge in [-0.2, -0.15) is 0 Å². The summed E-state index contributed by atoms with van der Waals surface area (Å²) in [6, 6.07) is 0. The highest BCUT2D eigenvalue weighted by molar-refractivity contribution is 5.19. The van der Waals surface area contributed by atoms with Gasteiger partial charge in [-0.1, -0.05) is 41.5 Å². The summed E-state index contributed by atoms with van der Waals surface area (Å²) < 4.78 is 22.2. The SMILES string of the molecule is [2H]C([2H])(c1nc(C)oc1C(C)(C)C)C(C)(C)C. The molecule has 0 aromatic carbocycles. The van der Waals surface area contributed by atoms with Crippen LogP contribution in [0.1, 0.15) is 61.6 Å². The second kappa shape index (κ2) is 3.66. The predicted molar refractivity (Wildman–Crippen MR) is 63.1 cm³/mol. The Morgan fingerprint density at radius 2 is 1.73 bits per heavy atom. The third kappa shape index (κ3) is 3.37. The Morgan fingerprint density at radius 1 is 1.20 bits per heavy atom. The van der Waals surface area contributed by atoms with Crippen LogP contribution in [0.5, 0.6) is 0 Å². The first kappa shape index (κ1) is 9.44. The van der Waals surface area contributed by atoms with Crippen LogP contribution >= 0.6 is 0 Å². The Balaban J connectivity index is 3.42. The normalized spacial score (nSPS) is 16.2. The molecule has 1 heterocycles. The highest BCUT2D eigenvalue weighted by Gasteiger charge is 2.26. The van der Waals surface area contributed by atoms with Crippen molar-refractivity contribution in [3.63, 3.8) is 0 Å². The van der Waals surface area contributed by atoms with Crippen LogP contribution in [0, 0.1) is 12.3 Å². The van der Waals surface area contributed by atoms with Crippen molar-refractivity contribution in [3.05, 3.63) is 17.3 Å². The number of nitrogens with zero attached hydrogens (tertiary/aromatic N) is 1. The third-order valence-corrected chi connectivity index (χ3v) is 1.91. The quantitative estimate of drug-likeness (QED) is 0.704. The molecule has 1 aromatic heterocycles. The van der Waals surface area contributed by atoms with E-state index < -0.39 is 11.8 Å². The minimum absolute atomic E-state index is 0.241. The van der Waals surface area contributed by atoms with Gasteiger partial charge in [-0.25, -0.2) is 4.98 Å². The maximum atomic E-state index is 8.30. The highest BCUT2D eigenvalue weighted by atomic mass is 16.4. The van der Waals surface area contributed by atoms with Crippen molar-refractivity contribution >= 4 is 0 Å². The smallest absolute Gasteiger partial charge is 0.191 e. The van der Waals surface area contributed by atoms with Gasteiger partial charge in [0.25, 0.3) is 0 Å². The second-order valence-electron chi connectivity index (χ2n) is 6.04. The van der Waals surface area contributed by atoms with Crippen LogP contribution < -0.4 is 0 Å². The van der Waals surface area contributed by atoms with E-state index in [0.29, 0.717) is 17.3 Å². The summed E-state index contributed by atoms with van der Waals surface area (Å²) in [4.78, 5) is 4.27. The molecule has 0 spiro atoms. The van der Waals surface area contributed by atoms with Gasteiger partial charge in [0.05, 0.1) is 5.69 Å². The summed E-state index contributed by atoms with van der Waals surface area (Å²) in [5.41, 5.74) is -0.319. The number of rotatable bonds is 1. The average Bonchev–Trinajstić information content (AvgIpc) is 2.44. The second-order valence-corrected chi connectivity index (χ2v) is 6.04. The topological polar surface area (TPSA) is 26.0 Å². The molecule has 0 aliphatic rings. The monoisotopic (exact) mass is 211 g/mol. The molecule has 0 fully saturated rings. The van der Waals surface area contributed by atoms with E-state index in [4.69, 9.17) is 7.16 Å². The Hall–Kier alpha value is -0.790. The van der Waals surface area contributed by atoms with Crippen LogP contribution in [-0.4, -0.2) is 4.98 Å². The molecule has 1 rings (SSSR count). The zero-order valence-electron chi connectivity index (χ0n) is 12.9. The molecule has 15 heavy (non-hydrogen) atoms. The summed E-state index contributed by atoms with van der Waals surface area (Å²) in [5.74, 6) is 1.17. The largest absolute Gasteiger partial charge is 0.445 e. The van der Waals surface area contributed by atoms with Crippen LogP contribution in [0.25, 0.3) is 0 Å². The Kier molecular flexibility index (Phi) is 2.30. The summed E-state index contributed by atoms with van der Waals surface area (Å²) >= 11 is 0. The molecular weight excluding hydrogens is 186 g/mol. The van der Waals surface area contributed by atoms with Gasteiger partial charge in [0.15, 0.2) is 5.89 Å². The lowest BCUT2D eigenvalue weighted by atomic mass is 9.85.